The van der Waals surface area contributed by atoms with Crippen molar-refractivity contribution in [2.75, 3.05) is 7.11 Å². The molecule has 80 valence electrons. The Morgan fingerprint density at radius 3 is 2.40 bits per heavy atom. The first-order valence-electron chi connectivity index (χ1n) is 4.67. The van der Waals surface area contributed by atoms with Crippen LogP contribution < -0.4 is 0 Å². The lowest BCUT2D eigenvalue weighted by Crippen LogP contribution is -2.13. The second kappa shape index (κ2) is 5.32. The van der Waals surface area contributed by atoms with Gasteiger partial charge in [-0.1, -0.05) is 36.4 Å². The summed E-state index contributed by atoms with van der Waals surface area (Å²) < 4.78 is 4.88. The van der Waals surface area contributed by atoms with Crippen molar-refractivity contribution in [3.63, 3.8) is 0 Å². The van der Waals surface area contributed by atoms with Gasteiger partial charge in [-0.2, -0.15) is 0 Å². The Morgan fingerprint density at radius 2 is 2.00 bits per heavy atom. The van der Waals surface area contributed by atoms with Crippen molar-refractivity contribution in [3.8, 4) is 0 Å². The van der Waals surface area contributed by atoms with Crippen molar-refractivity contribution in [2.45, 2.75) is 13.0 Å². The standard InChI is InChI=1S/C12H14O3/c1-3-4-9-5-7-10(8-6-9)11(15-2)12(13)14/h3-8,11H,1-2H3,(H,13,14). The highest BCUT2D eigenvalue weighted by Crippen LogP contribution is 2.17. The van der Waals surface area contributed by atoms with E-state index >= 15 is 0 Å². The average molecular weight is 206 g/mol. The van der Waals surface area contributed by atoms with Crippen LogP contribution in [0.25, 0.3) is 6.08 Å². The van der Waals surface area contributed by atoms with Gasteiger partial charge >= 0.3 is 5.97 Å². The van der Waals surface area contributed by atoms with Crippen molar-refractivity contribution in [1.82, 2.24) is 0 Å². The Labute approximate surface area is 89.0 Å². The van der Waals surface area contributed by atoms with Gasteiger partial charge in [0.15, 0.2) is 6.10 Å². The molecule has 0 saturated heterocycles. The molecule has 0 radical (unpaired) electrons. The maximum absolute atomic E-state index is 10.8. The fourth-order valence-corrected chi connectivity index (χ4v) is 1.35. The number of methoxy groups -OCH3 is 1. The molecular weight excluding hydrogens is 192 g/mol. The Morgan fingerprint density at radius 1 is 1.40 bits per heavy atom. The fraction of sp³-hybridized carbons (Fsp3) is 0.250. The first kappa shape index (κ1) is 11.5. The topological polar surface area (TPSA) is 46.5 Å². The lowest BCUT2D eigenvalue weighted by molar-refractivity contribution is -0.148. The smallest absolute Gasteiger partial charge is 0.337 e. The van der Waals surface area contributed by atoms with Crippen LogP contribution in [0.2, 0.25) is 0 Å². The van der Waals surface area contributed by atoms with Crippen molar-refractivity contribution >= 4 is 12.0 Å². The van der Waals surface area contributed by atoms with Crippen molar-refractivity contribution in [2.24, 2.45) is 0 Å². The maximum atomic E-state index is 10.8. The zero-order valence-corrected chi connectivity index (χ0v) is 8.81. The highest BCUT2D eigenvalue weighted by molar-refractivity contribution is 5.74. The number of ether oxygens (including phenoxy) is 1. The SMILES string of the molecule is CC=Cc1ccc(C(OC)C(=O)O)cc1. The molecule has 1 rings (SSSR count). The number of carboxylic acid groups (broad SMARTS) is 1. The molecule has 1 N–H and O–H groups in total. The van der Waals surface area contributed by atoms with Crippen molar-refractivity contribution in [3.05, 3.63) is 41.5 Å². The third-order valence-electron chi connectivity index (χ3n) is 2.06. The number of carboxylic acids is 1. The van der Waals surface area contributed by atoms with Gasteiger partial charge in [0.1, 0.15) is 0 Å². The van der Waals surface area contributed by atoms with E-state index < -0.39 is 12.1 Å². The zero-order valence-electron chi connectivity index (χ0n) is 8.81. The quantitative estimate of drug-likeness (QED) is 0.823. The predicted octanol–water partition coefficient (Wildman–Crippen LogP) is 2.49. The highest BCUT2D eigenvalue weighted by Gasteiger charge is 2.18. The van der Waals surface area contributed by atoms with Gasteiger partial charge in [-0.15, -0.1) is 0 Å². The summed E-state index contributed by atoms with van der Waals surface area (Å²) in [7, 11) is 1.39. The van der Waals surface area contributed by atoms with E-state index in [0.29, 0.717) is 5.56 Å². The van der Waals surface area contributed by atoms with Crippen molar-refractivity contribution in [1.29, 1.82) is 0 Å². The number of hydrogen-bond acceptors (Lipinski definition) is 2. The largest absolute Gasteiger partial charge is 0.479 e. The number of aliphatic carboxylic acids is 1. The Bertz CT molecular complexity index is 352. The number of allylic oxidation sites excluding steroid dienone is 1. The van der Waals surface area contributed by atoms with Gasteiger partial charge in [0, 0.05) is 7.11 Å². The molecule has 0 saturated carbocycles. The second-order valence-corrected chi connectivity index (χ2v) is 3.12. The van der Waals surface area contributed by atoms with Crippen LogP contribution in [0.15, 0.2) is 30.3 Å². The first-order chi connectivity index (χ1) is 7.19. The Kier molecular flexibility index (Phi) is 4.06. The number of carbonyl (C=O) groups is 1. The van der Waals surface area contributed by atoms with E-state index in [9.17, 15) is 4.79 Å². The molecule has 1 aromatic carbocycles. The minimum Gasteiger partial charge on any atom is -0.479 e. The van der Waals surface area contributed by atoms with E-state index in [1.165, 1.54) is 7.11 Å². The number of hydrogen-bond donors (Lipinski definition) is 1. The summed E-state index contributed by atoms with van der Waals surface area (Å²) in [5.41, 5.74) is 1.69. The molecule has 0 fully saturated rings. The summed E-state index contributed by atoms with van der Waals surface area (Å²) in [4.78, 5) is 10.8. The molecule has 0 aliphatic rings. The summed E-state index contributed by atoms with van der Waals surface area (Å²) >= 11 is 0. The van der Waals surface area contributed by atoms with Crippen LogP contribution in [0.5, 0.6) is 0 Å². The van der Waals surface area contributed by atoms with Gasteiger partial charge < -0.3 is 9.84 Å². The summed E-state index contributed by atoms with van der Waals surface area (Å²) in [6.07, 6.45) is 3.00. The number of rotatable bonds is 4. The Hall–Kier alpha value is -1.61. The molecule has 0 bridgehead atoms. The van der Waals surface area contributed by atoms with Crippen LogP contribution in [0, 0.1) is 0 Å². The number of benzene rings is 1. The zero-order chi connectivity index (χ0) is 11.3. The molecule has 0 aliphatic heterocycles. The molecule has 0 aromatic heterocycles. The first-order valence-corrected chi connectivity index (χ1v) is 4.67. The Balaban J connectivity index is 2.91. The second-order valence-electron chi connectivity index (χ2n) is 3.12. The van der Waals surface area contributed by atoms with E-state index in [1.807, 2.05) is 31.2 Å². The highest BCUT2D eigenvalue weighted by atomic mass is 16.5. The van der Waals surface area contributed by atoms with E-state index in [-0.39, 0.29) is 0 Å². The fourth-order valence-electron chi connectivity index (χ4n) is 1.35. The summed E-state index contributed by atoms with van der Waals surface area (Å²) in [6, 6.07) is 7.25. The molecule has 1 aromatic rings. The van der Waals surface area contributed by atoms with Gasteiger partial charge in [0.25, 0.3) is 0 Å². The van der Waals surface area contributed by atoms with Gasteiger partial charge in [0.05, 0.1) is 0 Å². The molecule has 15 heavy (non-hydrogen) atoms. The third-order valence-corrected chi connectivity index (χ3v) is 2.06. The van der Waals surface area contributed by atoms with Crippen LogP contribution in [0.1, 0.15) is 24.2 Å². The molecule has 0 amide bonds. The van der Waals surface area contributed by atoms with Crippen LogP contribution in [0.3, 0.4) is 0 Å². The van der Waals surface area contributed by atoms with Crippen LogP contribution in [-0.4, -0.2) is 18.2 Å². The van der Waals surface area contributed by atoms with Crippen LogP contribution in [-0.2, 0) is 9.53 Å². The van der Waals surface area contributed by atoms with E-state index in [4.69, 9.17) is 9.84 Å². The monoisotopic (exact) mass is 206 g/mol. The predicted molar refractivity (Wildman–Crippen MR) is 58.5 cm³/mol. The van der Waals surface area contributed by atoms with Gasteiger partial charge in [-0.3, -0.25) is 0 Å². The summed E-state index contributed by atoms with van der Waals surface area (Å²) in [5.74, 6) is -0.976. The third kappa shape index (κ3) is 2.92. The average Bonchev–Trinajstić information content (AvgIpc) is 2.21. The molecule has 3 heteroatoms. The summed E-state index contributed by atoms with van der Waals surface area (Å²) in [5, 5.41) is 8.86. The minimum atomic E-state index is -0.976. The normalized spacial score (nSPS) is 12.9. The molecule has 3 nitrogen and oxygen atoms in total. The lowest BCUT2D eigenvalue weighted by atomic mass is 10.1. The molecule has 0 aliphatic carbocycles. The molecule has 1 atom stereocenters. The van der Waals surface area contributed by atoms with E-state index in [0.717, 1.165) is 5.56 Å². The maximum Gasteiger partial charge on any atom is 0.337 e. The van der Waals surface area contributed by atoms with Crippen LogP contribution in [0.4, 0.5) is 0 Å². The van der Waals surface area contributed by atoms with E-state index in [1.54, 1.807) is 12.1 Å². The molecule has 0 spiro atoms. The minimum absolute atomic E-state index is 0.651. The van der Waals surface area contributed by atoms with Crippen molar-refractivity contribution < 1.29 is 14.6 Å². The van der Waals surface area contributed by atoms with Gasteiger partial charge in [-0.05, 0) is 18.1 Å². The molecule has 1 unspecified atom stereocenters. The molecular formula is C12H14O3. The van der Waals surface area contributed by atoms with E-state index in [2.05, 4.69) is 0 Å². The molecule has 0 heterocycles. The van der Waals surface area contributed by atoms with Crippen LogP contribution >= 0.6 is 0 Å². The van der Waals surface area contributed by atoms with Gasteiger partial charge in [-0.25, -0.2) is 4.79 Å². The van der Waals surface area contributed by atoms with Gasteiger partial charge in [0.2, 0.25) is 0 Å². The lowest BCUT2D eigenvalue weighted by Gasteiger charge is -2.10. The summed E-state index contributed by atoms with van der Waals surface area (Å²) in [6.45, 7) is 1.93.